The third-order valence-corrected chi connectivity index (χ3v) is 5.18. The minimum Gasteiger partial charge on any atom is -0.493 e. The molecular formula is C22H30N2O4. The summed E-state index contributed by atoms with van der Waals surface area (Å²) in [6, 6.07) is 3.97. The fourth-order valence-corrected chi connectivity index (χ4v) is 3.44. The van der Waals surface area contributed by atoms with Crippen LogP contribution in [0.3, 0.4) is 0 Å². The third-order valence-electron chi connectivity index (χ3n) is 5.18. The monoisotopic (exact) mass is 386 g/mol. The van der Waals surface area contributed by atoms with Crippen LogP contribution in [0.1, 0.15) is 30.7 Å². The molecule has 1 amide bonds. The van der Waals surface area contributed by atoms with Gasteiger partial charge in [0.25, 0.3) is 0 Å². The molecule has 28 heavy (non-hydrogen) atoms. The topological polar surface area (TPSA) is 63.9 Å². The van der Waals surface area contributed by atoms with E-state index >= 15 is 0 Å². The van der Waals surface area contributed by atoms with Gasteiger partial charge in [-0.3, -0.25) is 9.69 Å². The van der Waals surface area contributed by atoms with Crippen molar-refractivity contribution in [2.75, 3.05) is 46.0 Å². The van der Waals surface area contributed by atoms with Gasteiger partial charge in [-0.15, -0.1) is 0 Å². The zero-order chi connectivity index (χ0) is 20.1. The average molecular weight is 386 g/mol. The highest BCUT2D eigenvalue weighted by atomic mass is 16.5. The summed E-state index contributed by atoms with van der Waals surface area (Å²) in [6.45, 7) is 13.3. The summed E-state index contributed by atoms with van der Waals surface area (Å²) >= 11 is 0. The van der Waals surface area contributed by atoms with Crippen molar-refractivity contribution in [1.29, 1.82) is 0 Å². The highest BCUT2D eigenvalue weighted by molar-refractivity contribution is 5.97. The van der Waals surface area contributed by atoms with Crippen LogP contribution in [0.25, 0.3) is 16.5 Å². The average Bonchev–Trinajstić information content (AvgIpc) is 2.95. The van der Waals surface area contributed by atoms with Crippen LogP contribution in [-0.4, -0.2) is 56.8 Å². The molecular weight excluding hydrogens is 356 g/mol. The Balaban J connectivity index is 1.72. The molecule has 2 heterocycles. The third kappa shape index (κ3) is 4.75. The molecule has 0 atom stereocenters. The molecule has 6 nitrogen and oxygen atoms in total. The maximum atomic E-state index is 12.4. The Kier molecular flexibility index (Phi) is 6.75. The fourth-order valence-electron chi connectivity index (χ4n) is 3.44. The smallest absolute Gasteiger partial charge is 0.244 e. The van der Waals surface area contributed by atoms with E-state index in [1.54, 1.807) is 6.08 Å². The minimum absolute atomic E-state index is 0.0894. The van der Waals surface area contributed by atoms with Gasteiger partial charge in [0.05, 0.1) is 19.8 Å². The van der Waals surface area contributed by atoms with Gasteiger partial charge in [-0.05, 0) is 44.9 Å². The Hall–Kier alpha value is -2.31. The van der Waals surface area contributed by atoms with Crippen LogP contribution in [0.15, 0.2) is 22.6 Å². The quantitative estimate of drug-likeness (QED) is 0.740. The Bertz CT molecular complexity index is 863. The molecule has 0 aliphatic carbocycles. The molecule has 0 bridgehead atoms. The van der Waals surface area contributed by atoms with E-state index in [4.69, 9.17) is 13.9 Å². The summed E-state index contributed by atoms with van der Waals surface area (Å²) in [7, 11) is 0. The summed E-state index contributed by atoms with van der Waals surface area (Å²) in [5, 5.41) is 4.03. The standard InChI is InChI=1S/C22H30N2O4/c1-5-27-20-14-21-19(16(3)17(4)28-21)13-18(20)15(2)12-22(25)23-6-7-24-8-10-26-11-9-24/h12-14H,5-11H2,1-4H3,(H,23,25)/b15-12+. The maximum Gasteiger partial charge on any atom is 0.244 e. The number of carbonyl (C=O) groups excluding carboxylic acids is 1. The number of furan rings is 1. The van der Waals surface area contributed by atoms with Crippen molar-refractivity contribution in [1.82, 2.24) is 10.2 Å². The number of nitrogens with one attached hydrogen (secondary N) is 1. The number of carbonyl (C=O) groups is 1. The Labute approximate surface area is 166 Å². The van der Waals surface area contributed by atoms with Gasteiger partial charge in [-0.2, -0.15) is 0 Å². The van der Waals surface area contributed by atoms with Crippen LogP contribution in [0.4, 0.5) is 0 Å². The molecule has 1 aliphatic heterocycles. The zero-order valence-corrected chi connectivity index (χ0v) is 17.3. The zero-order valence-electron chi connectivity index (χ0n) is 17.3. The number of benzene rings is 1. The fraction of sp³-hybridized carbons (Fsp3) is 0.500. The van der Waals surface area contributed by atoms with E-state index in [0.29, 0.717) is 13.2 Å². The van der Waals surface area contributed by atoms with Gasteiger partial charge in [0.2, 0.25) is 5.91 Å². The van der Waals surface area contributed by atoms with Crippen LogP contribution in [0, 0.1) is 13.8 Å². The summed E-state index contributed by atoms with van der Waals surface area (Å²) in [5.74, 6) is 1.55. The predicted octanol–water partition coefficient (Wildman–Crippen LogP) is 3.30. The van der Waals surface area contributed by atoms with E-state index in [1.165, 1.54) is 0 Å². The highest BCUT2D eigenvalue weighted by Gasteiger charge is 2.15. The first-order chi connectivity index (χ1) is 13.5. The minimum atomic E-state index is -0.0894. The highest BCUT2D eigenvalue weighted by Crippen LogP contribution is 2.34. The van der Waals surface area contributed by atoms with E-state index < -0.39 is 0 Å². The van der Waals surface area contributed by atoms with Crippen molar-refractivity contribution in [3.05, 3.63) is 35.1 Å². The summed E-state index contributed by atoms with van der Waals surface area (Å²) in [6.07, 6.45) is 1.64. The van der Waals surface area contributed by atoms with E-state index in [9.17, 15) is 4.79 Å². The Morgan fingerprint density at radius 3 is 2.75 bits per heavy atom. The molecule has 1 aromatic carbocycles. The normalized spacial score (nSPS) is 15.8. The van der Waals surface area contributed by atoms with Gasteiger partial charge < -0.3 is 19.2 Å². The van der Waals surface area contributed by atoms with E-state index in [0.717, 1.165) is 72.0 Å². The van der Waals surface area contributed by atoms with Crippen LogP contribution >= 0.6 is 0 Å². The molecule has 1 aromatic heterocycles. The second-order valence-corrected chi connectivity index (χ2v) is 7.13. The molecule has 0 spiro atoms. The molecule has 152 valence electrons. The van der Waals surface area contributed by atoms with Crippen LogP contribution in [-0.2, 0) is 9.53 Å². The number of amides is 1. The van der Waals surface area contributed by atoms with Gasteiger partial charge in [0.15, 0.2) is 0 Å². The van der Waals surface area contributed by atoms with E-state index in [1.807, 2.05) is 33.8 Å². The Morgan fingerprint density at radius 1 is 1.29 bits per heavy atom. The Morgan fingerprint density at radius 2 is 2.04 bits per heavy atom. The second kappa shape index (κ2) is 9.26. The largest absolute Gasteiger partial charge is 0.493 e. The van der Waals surface area contributed by atoms with Gasteiger partial charge in [-0.1, -0.05) is 0 Å². The molecule has 1 aliphatic rings. The molecule has 3 rings (SSSR count). The van der Waals surface area contributed by atoms with Crippen LogP contribution in [0.5, 0.6) is 5.75 Å². The maximum absolute atomic E-state index is 12.4. The van der Waals surface area contributed by atoms with E-state index in [-0.39, 0.29) is 5.91 Å². The van der Waals surface area contributed by atoms with Gasteiger partial charge >= 0.3 is 0 Å². The van der Waals surface area contributed by atoms with Crippen LogP contribution in [0.2, 0.25) is 0 Å². The molecule has 6 heteroatoms. The van der Waals surface area contributed by atoms with Crippen molar-refractivity contribution in [2.45, 2.75) is 27.7 Å². The molecule has 0 unspecified atom stereocenters. The van der Waals surface area contributed by atoms with Crippen molar-refractivity contribution < 1.29 is 18.7 Å². The SMILES string of the molecule is CCOc1cc2oc(C)c(C)c2cc1/C(C)=C/C(=O)NCCN1CCOCC1. The lowest BCUT2D eigenvalue weighted by molar-refractivity contribution is -0.116. The number of morpholine rings is 1. The van der Waals surface area contributed by atoms with Gasteiger partial charge in [0, 0.05) is 49.3 Å². The number of allylic oxidation sites excluding steroid dienone is 1. The number of nitrogens with zero attached hydrogens (tertiary/aromatic N) is 1. The number of hydrogen-bond donors (Lipinski definition) is 1. The first-order valence-corrected chi connectivity index (χ1v) is 9.92. The molecule has 0 saturated carbocycles. The lowest BCUT2D eigenvalue weighted by atomic mass is 10.0. The molecule has 1 N–H and O–H groups in total. The summed E-state index contributed by atoms with van der Waals surface area (Å²) in [4.78, 5) is 14.7. The summed E-state index contributed by atoms with van der Waals surface area (Å²) in [5.41, 5.74) is 3.71. The van der Waals surface area contributed by atoms with E-state index in [2.05, 4.69) is 16.3 Å². The van der Waals surface area contributed by atoms with Crippen molar-refractivity contribution in [2.24, 2.45) is 0 Å². The number of fused-ring (bicyclic) bond motifs is 1. The van der Waals surface area contributed by atoms with Crippen LogP contribution < -0.4 is 10.1 Å². The van der Waals surface area contributed by atoms with Crippen molar-refractivity contribution in [3.63, 3.8) is 0 Å². The second-order valence-electron chi connectivity index (χ2n) is 7.13. The van der Waals surface area contributed by atoms with Gasteiger partial charge in [0.1, 0.15) is 17.1 Å². The molecule has 0 radical (unpaired) electrons. The van der Waals surface area contributed by atoms with Crippen molar-refractivity contribution in [3.8, 4) is 5.75 Å². The number of rotatable bonds is 7. The first-order valence-electron chi connectivity index (χ1n) is 9.92. The van der Waals surface area contributed by atoms with Gasteiger partial charge in [-0.25, -0.2) is 0 Å². The molecule has 2 aromatic rings. The molecule has 1 saturated heterocycles. The predicted molar refractivity (Wildman–Crippen MR) is 111 cm³/mol. The molecule has 1 fully saturated rings. The lowest BCUT2D eigenvalue weighted by Crippen LogP contribution is -2.41. The first kappa shape index (κ1) is 20.4. The number of ether oxygens (including phenoxy) is 2. The number of aryl methyl sites for hydroxylation is 2. The summed E-state index contributed by atoms with van der Waals surface area (Å²) < 4.78 is 17.0. The number of hydrogen-bond acceptors (Lipinski definition) is 5. The van der Waals surface area contributed by atoms with Crippen molar-refractivity contribution >= 4 is 22.4 Å². The lowest BCUT2D eigenvalue weighted by Gasteiger charge is -2.26.